The van der Waals surface area contributed by atoms with Crippen LogP contribution in [0.3, 0.4) is 0 Å². The Hall–Kier alpha value is 0.551. The van der Waals surface area contributed by atoms with E-state index in [0.29, 0.717) is 10.5 Å². The quantitative estimate of drug-likeness (QED) is 0.543. The third-order valence-electron chi connectivity index (χ3n) is 1.95. The molecule has 0 saturated carbocycles. The molecule has 0 heterocycles. The summed E-state index contributed by atoms with van der Waals surface area (Å²) in [6, 6.07) is 5.16. The van der Waals surface area contributed by atoms with Crippen molar-refractivity contribution in [3.63, 3.8) is 0 Å². The van der Waals surface area contributed by atoms with E-state index in [9.17, 15) is 0 Å². The molecule has 98 valence electrons. The van der Waals surface area contributed by atoms with E-state index >= 15 is 0 Å². The number of hydrogen-bond acceptors (Lipinski definition) is 2. The molecule has 0 aliphatic heterocycles. The Balaban J connectivity index is -0.000000410. The molecule has 0 aliphatic rings. The van der Waals surface area contributed by atoms with Crippen molar-refractivity contribution in [3.8, 4) is 0 Å². The van der Waals surface area contributed by atoms with Crippen molar-refractivity contribution in [1.29, 1.82) is 0 Å². The van der Waals surface area contributed by atoms with Crippen molar-refractivity contribution in [2.45, 2.75) is 33.6 Å². The maximum Gasteiger partial charge on any atom is 2.00 e. The van der Waals surface area contributed by atoms with Crippen LogP contribution in [0.1, 0.15) is 39.2 Å². The summed E-state index contributed by atoms with van der Waals surface area (Å²) in [7, 11) is -1.45. The first-order valence-electron chi connectivity index (χ1n) is 5.33. The second-order valence-corrected chi connectivity index (χ2v) is 4.32. The zero-order valence-corrected chi connectivity index (χ0v) is 14.2. The molecule has 0 unspecified atom stereocenters. The van der Waals surface area contributed by atoms with Crippen LogP contribution in [0.4, 0.5) is 0 Å². The van der Waals surface area contributed by atoms with Crippen LogP contribution in [-0.4, -0.2) is 40.2 Å². The molecular formula is C12H19BCl2MgO2. The molecule has 0 saturated heterocycles. The van der Waals surface area contributed by atoms with Crippen molar-refractivity contribution in [3.05, 3.63) is 35.2 Å². The standard InChI is InChI=1S/C9H12BClO2.C3H7.ClH.Mg/c1-6(2)8-4-3-7(11)5-9(8)10(12)13;1-3-2;;/h3-6,12-13H,1-2H3;3H,1-2H3;1H;/q;-1;;+2/p-1. The van der Waals surface area contributed by atoms with Crippen molar-refractivity contribution < 1.29 is 22.5 Å². The molecular weight excluding hydrogens is 282 g/mol. The van der Waals surface area contributed by atoms with Crippen molar-refractivity contribution in [1.82, 2.24) is 0 Å². The molecule has 0 spiro atoms. The maximum absolute atomic E-state index is 9.07. The first kappa shape index (κ1) is 23.6. The van der Waals surface area contributed by atoms with Crippen LogP contribution in [0.15, 0.2) is 18.2 Å². The predicted octanol–water partition coefficient (Wildman–Crippen LogP) is -1.00. The summed E-state index contributed by atoms with van der Waals surface area (Å²) in [5, 5.41) is 18.7. The molecule has 0 fully saturated rings. The normalized spacial score (nSPS) is 8.67. The van der Waals surface area contributed by atoms with Gasteiger partial charge < -0.3 is 28.9 Å². The van der Waals surface area contributed by atoms with Crippen molar-refractivity contribution in [2.24, 2.45) is 0 Å². The predicted molar refractivity (Wildman–Crippen MR) is 76.8 cm³/mol. The SMILES string of the molecule is CC(C)c1ccc(Cl)cc1B(O)O.C[CH-]C.[Cl-].[Mg+2]. The van der Waals surface area contributed by atoms with Gasteiger partial charge in [-0.3, -0.25) is 0 Å². The van der Waals surface area contributed by atoms with E-state index in [2.05, 4.69) is 0 Å². The summed E-state index contributed by atoms with van der Waals surface area (Å²) in [6.07, 6.45) is 2.00. The van der Waals surface area contributed by atoms with Gasteiger partial charge in [0, 0.05) is 5.02 Å². The fraction of sp³-hybridized carbons (Fsp3) is 0.417. The number of rotatable bonds is 2. The Labute approximate surface area is 138 Å². The van der Waals surface area contributed by atoms with Gasteiger partial charge in [-0.15, -0.1) is 0 Å². The van der Waals surface area contributed by atoms with Gasteiger partial charge in [-0.2, -0.15) is 13.8 Å². The van der Waals surface area contributed by atoms with Crippen LogP contribution in [0.5, 0.6) is 0 Å². The summed E-state index contributed by atoms with van der Waals surface area (Å²) in [5.74, 6) is 0.258. The average molecular weight is 301 g/mol. The first-order valence-corrected chi connectivity index (χ1v) is 5.71. The molecule has 0 radical (unpaired) electrons. The van der Waals surface area contributed by atoms with E-state index in [-0.39, 0.29) is 41.4 Å². The van der Waals surface area contributed by atoms with Crippen LogP contribution in [0.2, 0.25) is 5.02 Å². The van der Waals surface area contributed by atoms with E-state index in [4.69, 9.17) is 21.6 Å². The molecule has 1 aromatic rings. The Morgan fingerprint density at radius 1 is 1.22 bits per heavy atom. The van der Waals surface area contributed by atoms with Crippen LogP contribution in [0, 0.1) is 6.42 Å². The minimum Gasteiger partial charge on any atom is -1.00 e. The summed E-state index contributed by atoms with van der Waals surface area (Å²) in [4.78, 5) is 0. The van der Waals surface area contributed by atoms with Gasteiger partial charge in [0.1, 0.15) is 0 Å². The van der Waals surface area contributed by atoms with Crippen molar-refractivity contribution >= 4 is 47.2 Å². The van der Waals surface area contributed by atoms with Gasteiger partial charge in [0.15, 0.2) is 0 Å². The van der Waals surface area contributed by atoms with Gasteiger partial charge in [0.25, 0.3) is 0 Å². The van der Waals surface area contributed by atoms with Crippen LogP contribution in [0.25, 0.3) is 0 Å². The van der Waals surface area contributed by atoms with E-state index in [1.807, 2.05) is 40.2 Å². The Kier molecular flexibility index (Phi) is 16.5. The third-order valence-corrected chi connectivity index (χ3v) is 2.18. The smallest absolute Gasteiger partial charge is 1.00 e. The number of benzene rings is 1. The zero-order chi connectivity index (χ0) is 12.7. The van der Waals surface area contributed by atoms with Crippen LogP contribution >= 0.6 is 11.6 Å². The first-order chi connectivity index (χ1) is 7.43. The fourth-order valence-corrected chi connectivity index (χ4v) is 1.48. The summed E-state index contributed by atoms with van der Waals surface area (Å²) < 4.78 is 0. The second-order valence-electron chi connectivity index (χ2n) is 3.88. The molecule has 0 aromatic heterocycles. The summed E-state index contributed by atoms with van der Waals surface area (Å²) in [6.45, 7) is 7.99. The summed E-state index contributed by atoms with van der Waals surface area (Å²) in [5.41, 5.74) is 1.40. The van der Waals surface area contributed by atoms with Crippen LogP contribution in [-0.2, 0) is 0 Å². The van der Waals surface area contributed by atoms with Gasteiger partial charge in [0.05, 0.1) is 0 Å². The maximum atomic E-state index is 9.07. The number of halogens is 2. The Morgan fingerprint density at radius 3 is 2.00 bits per heavy atom. The zero-order valence-electron chi connectivity index (χ0n) is 11.3. The molecule has 2 nitrogen and oxygen atoms in total. The van der Waals surface area contributed by atoms with Gasteiger partial charge in [0.2, 0.25) is 0 Å². The third kappa shape index (κ3) is 8.62. The molecule has 6 heteroatoms. The van der Waals surface area contributed by atoms with E-state index < -0.39 is 7.12 Å². The average Bonchev–Trinajstić information content (AvgIpc) is 2.18. The molecule has 18 heavy (non-hydrogen) atoms. The topological polar surface area (TPSA) is 40.5 Å². The van der Waals surface area contributed by atoms with Gasteiger partial charge >= 0.3 is 30.2 Å². The minimum atomic E-state index is -1.45. The van der Waals surface area contributed by atoms with E-state index in [1.165, 1.54) is 0 Å². The fourth-order valence-electron chi connectivity index (χ4n) is 1.30. The van der Waals surface area contributed by atoms with Crippen LogP contribution < -0.4 is 17.9 Å². The Morgan fingerprint density at radius 2 is 1.67 bits per heavy atom. The second kappa shape index (κ2) is 12.6. The molecule has 1 aromatic carbocycles. The summed E-state index contributed by atoms with van der Waals surface area (Å²) >= 11 is 5.74. The largest absolute Gasteiger partial charge is 2.00 e. The van der Waals surface area contributed by atoms with E-state index in [0.717, 1.165) is 5.56 Å². The Bertz CT molecular complexity index is 323. The van der Waals surface area contributed by atoms with Gasteiger partial charge in [-0.25, -0.2) is 0 Å². The number of hydrogen-bond donors (Lipinski definition) is 2. The molecule has 0 atom stereocenters. The van der Waals surface area contributed by atoms with Crippen molar-refractivity contribution in [2.75, 3.05) is 0 Å². The van der Waals surface area contributed by atoms with Gasteiger partial charge in [-0.05, 0) is 29.1 Å². The molecule has 0 bridgehead atoms. The minimum absolute atomic E-state index is 0. The monoisotopic (exact) mass is 300 g/mol. The molecule has 0 amide bonds. The molecule has 0 aliphatic carbocycles. The van der Waals surface area contributed by atoms with E-state index in [1.54, 1.807) is 12.1 Å². The molecule has 2 N–H and O–H groups in total. The van der Waals surface area contributed by atoms with Gasteiger partial charge in [-0.1, -0.05) is 31.5 Å². The molecule has 1 rings (SSSR count).